The number of ether oxygens (including phenoxy) is 1. The average Bonchev–Trinajstić information content (AvgIpc) is 2.75. The van der Waals surface area contributed by atoms with Crippen molar-refractivity contribution >= 4 is 0 Å². The van der Waals surface area contributed by atoms with E-state index in [1.807, 2.05) is 37.7 Å². The van der Waals surface area contributed by atoms with Gasteiger partial charge < -0.3 is 10.1 Å². The highest BCUT2D eigenvalue weighted by Gasteiger charge is 2.12. The lowest BCUT2D eigenvalue weighted by Gasteiger charge is -2.18. The van der Waals surface area contributed by atoms with Gasteiger partial charge in [-0.1, -0.05) is 12.1 Å². The van der Waals surface area contributed by atoms with Crippen LogP contribution < -0.4 is 10.1 Å². The Labute approximate surface area is 120 Å². The minimum Gasteiger partial charge on any atom is -0.494 e. The molecular weight excluding hydrogens is 250 g/mol. The molecule has 0 spiro atoms. The first-order chi connectivity index (χ1) is 9.63. The van der Waals surface area contributed by atoms with Crippen molar-refractivity contribution in [3.63, 3.8) is 0 Å². The maximum absolute atomic E-state index is 5.48. The predicted octanol–water partition coefficient (Wildman–Crippen LogP) is 2.86. The van der Waals surface area contributed by atoms with Crippen LogP contribution in [0.25, 0.3) is 0 Å². The number of nitrogens with zero attached hydrogens (tertiary/aromatic N) is 2. The van der Waals surface area contributed by atoms with Crippen molar-refractivity contribution in [2.24, 2.45) is 0 Å². The Hall–Kier alpha value is -1.81. The molecule has 0 saturated heterocycles. The molecule has 0 fully saturated rings. The van der Waals surface area contributed by atoms with Crippen molar-refractivity contribution in [1.29, 1.82) is 0 Å². The number of aryl methyl sites for hydroxylation is 2. The fraction of sp³-hybridized carbons (Fsp3) is 0.438. The number of aromatic nitrogens is 2. The van der Waals surface area contributed by atoms with E-state index in [0.717, 1.165) is 18.0 Å². The molecule has 0 amide bonds. The first-order valence-corrected chi connectivity index (χ1v) is 7.05. The highest BCUT2D eigenvalue weighted by atomic mass is 16.5. The zero-order valence-electron chi connectivity index (χ0n) is 12.7. The molecule has 0 bridgehead atoms. The molecule has 108 valence electrons. The SMILES string of the molecule is CCOc1ccc(C(Cn2nc(C)cc2C)NC)cc1. The minimum atomic E-state index is 0.240. The van der Waals surface area contributed by atoms with Gasteiger partial charge in [0, 0.05) is 5.69 Å². The number of benzene rings is 1. The summed E-state index contributed by atoms with van der Waals surface area (Å²) in [5, 5.41) is 7.88. The van der Waals surface area contributed by atoms with Crippen LogP contribution in [-0.2, 0) is 6.54 Å². The van der Waals surface area contributed by atoms with Crippen LogP contribution >= 0.6 is 0 Å². The zero-order valence-corrected chi connectivity index (χ0v) is 12.7. The molecule has 1 atom stereocenters. The molecule has 0 aliphatic rings. The topological polar surface area (TPSA) is 39.1 Å². The minimum absolute atomic E-state index is 0.240. The van der Waals surface area contributed by atoms with E-state index in [1.54, 1.807) is 0 Å². The van der Waals surface area contributed by atoms with Gasteiger partial charge in [-0.05, 0) is 51.6 Å². The quantitative estimate of drug-likeness (QED) is 0.879. The Morgan fingerprint density at radius 2 is 1.95 bits per heavy atom. The third-order valence-electron chi connectivity index (χ3n) is 3.40. The van der Waals surface area contributed by atoms with E-state index >= 15 is 0 Å². The second-order valence-electron chi connectivity index (χ2n) is 4.95. The Morgan fingerprint density at radius 1 is 1.25 bits per heavy atom. The summed E-state index contributed by atoms with van der Waals surface area (Å²) < 4.78 is 7.53. The molecule has 20 heavy (non-hydrogen) atoms. The van der Waals surface area contributed by atoms with Crippen molar-refractivity contribution < 1.29 is 4.74 Å². The number of hydrogen-bond acceptors (Lipinski definition) is 3. The van der Waals surface area contributed by atoms with Crippen molar-refractivity contribution in [1.82, 2.24) is 15.1 Å². The third kappa shape index (κ3) is 3.39. The normalized spacial score (nSPS) is 12.4. The molecule has 4 nitrogen and oxygen atoms in total. The van der Waals surface area contributed by atoms with Crippen LogP contribution in [0, 0.1) is 13.8 Å². The molecule has 0 aliphatic carbocycles. The van der Waals surface area contributed by atoms with E-state index in [9.17, 15) is 0 Å². The fourth-order valence-corrected chi connectivity index (χ4v) is 2.36. The van der Waals surface area contributed by atoms with Crippen LogP contribution in [0.3, 0.4) is 0 Å². The lowest BCUT2D eigenvalue weighted by molar-refractivity contribution is 0.340. The Balaban J connectivity index is 2.13. The molecular formula is C16H23N3O. The van der Waals surface area contributed by atoms with E-state index in [-0.39, 0.29) is 6.04 Å². The van der Waals surface area contributed by atoms with Gasteiger partial charge in [0.25, 0.3) is 0 Å². The van der Waals surface area contributed by atoms with Crippen molar-refractivity contribution in [2.75, 3.05) is 13.7 Å². The van der Waals surface area contributed by atoms with Crippen molar-refractivity contribution in [2.45, 2.75) is 33.4 Å². The van der Waals surface area contributed by atoms with Gasteiger partial charge in [0.05, 0.1) is 24.9 Å². The van der Waals surface area contributed by atoms with E-state index in [1.165, 1.54) is 11.3 Å². The summed E-state index contributed by atoms with van der Waals surface area (Å²) in [7, 11) is 1.98. The number of likely N-dealkylation sites (N-methyl/N-ethyl adjacent to an activating group) is 1. The van der Waals surface area contributed by atoms with Crippen LogP contribution in [-0.4, -0.2) is 23.4 Å². The van der Waals surface area contributed by atoms with Crippen LogP contribution in [0.2, 0.25) is 0 Å². The number of nitrogens with one attached hydrogen (secondary N) is 1. The summed E-state index contributed by atoms with van der Waals surface area (Å²) in [6.45, 7) is 7.62. The molecule has 1 unspecified atom stereocenters. The highest BCUT2D eigenvalue weighted by molar-refractivity contribution is 5.29. The molecule has 1 aromatic carbocycles. The summed E-state index contributed by atoms with van der Waals surface area (Å²) in [5.74, 6) is 0.914. The first kappa shape index (κ1) is 14.6. The Kier molecular flexibility index (Phi) is 4.79. The molecule has 0 aliphatic heterocycles. The second-order valence-corrected chi connectivity index (χ2v) is 4.95. The Bertz CT molecular complexity index is 545. The Morgan fingerprint density at radius 3 is 2.45 bits per heavy atom. The van der Waals surface area contributed by atoms with Crippen molar-refractivity contribution in [3.05, 3.63) is 47.3 Å². The van der Waals surface area contributed by atoms with Gasteiger partial charge in [-0.2, -0.15) is 5.10 Å². The average molecular weight is 273 g/mol. The van der Waals surface area contributed by atoms with Gasteiger partial charge in [0.1, 0.15) is 5.75 Å². The molecule has 1 heterocycles. The second kappa shape index (κ2) is 6.57. The first-order valence-electron chi connectivity index (χ1n) is 7.05. The predicted molar refractivity (Wildman–Crippen MR) is 81.1 cm³/mol. The van der Waals surface area contributed by atoms with E-state index < -0.39 is 0 Å². The van der Waals surface area contributed by atoms with Crippen molar-refractivity contribution in [3.8, 4) is 5.75 Å². The van der Waals surface area contributed by atoms with Gasteiger partial charge >= 0.3 is 0 Å². The van der Waals surface area contributed by atoms with E-state index in [2.05, 4.69) is 35.5 Å². The number of rotatable bonds is 6. The highest BCUT2D eigenvalue weighted by Crippen LogP contribution is 2.19. The van der Waals surface area contributed by atoms with Gasteiger partial charge in [0.15, 0.2) is 0 Å². The van der Waals surface area contributed by atoms with Gasteiger partial charge in [-0.3, -0.25) is 4.68 Å². The van der Waals surface area contributed by atoms with Crippen LogP contribution in [0.1, 0.15) is 29.9 Å². The molecule has 2 aromatic rings. The molecule has 1 aromatic heterocycles. The summed E-state index contributed by atoms with van der Waals surface area (Å²) in [6.07, 6.45) is 0. The molecule has 0 saturated carbocycles. The molecule has 1 N–H and O–H groups in total. The molecule has 2 rings (SSSR count). The summed E-state index contributed by atoms with van der Waals surface area (Å²) >= 11 is 0. The van der Waals surface area contributed by atoms with Crippen LogP contribution in [0.4, 0.5) is 0 Å². The van der Waals surface area contributed by atoms with Crippen LogP contribution in [0.5, 0.6) is 5.75 Å². The molecule has 4 heteroatoms. The monoisotopic (exact) mass is 273 g/mol. The summed E-state index contributed by atoms with van der Waals surface area (Å²) in [6, 6.07) is 10.6. The maximum Gasteiger partial charge on any atom is 0.119 e. The van der Waals surface area contributed by atoms with E-state index in [0.29, 0.717) is 6.61 Å². The summed E-state index contributed by atoms with van der Waals surface area (Å²) in [4.78, 5) is 0. The third-order valence-corrected chi connectivity index (χ3v) is 3.40. The van der Waals surface area contributed by atoms with Gasteiger partial charge in [0.2, 0.25) is 0 Å². The van der Waals surface area contributed by atoms with Gasteiger partial charge in [-0.25, -0.2) is 0 Å². The molecule has 0 radical (unpaired) electrons. The number of hydrogen-bond donors (Lipinski definition) is 1. The zero-order chi connectivity index (χ0) is 14.5. The van der Waals surface area contributed by atoms with Gasteiger partial charge in [-0.15, -0.1) is 0 Å². The lowest BCUT2D eigenvalue weighted by Crippen LogP contribution is -2.23. The van der Waals surface area contributed by atoms with Crippen LogP contribution in [0.15, 0.2) is 30.3 Å². The summed E-state index contributed by atoms with van der Waals surface area (Å²) in [5.41, 5.74) is 3.49. The van der Waals surface area contributed by atoms with E-state index in [4.69, 9.17) is 4.74 Å². The standard InChI is InChI=1S/C16H23N3O/c1-5-20-15-8-6-14(7-9-15)16(17-4)11-19-13(3)10-12(2)18-19/h6-10,16-17H,5,11H2,1-4H3. The lowest BCUT2D eigenvalue weighted by atomic mass is 10.1. The smallest absolute Gasteiger partial charge is 0.119 e. The largest absolute Gasteiger partial charge is 0.494 e. The maximum atomic E-state index is 5.48. The fourth-order valence-electron chi connectivity index (χ4n) is 2.36.